The minimum absolute atomic E-state index is 0.0386. The van der Waals surface area contributed by atoms with Crippen LogP contribution in [0.5, 0.6) is 0 Å². The van der Waals surface area contributed by atoms with Crippen LogP contribution < -0.4 is 0 Å². The van der Waals surface area contributed by atoms with Crippen LogP contribution in [-0.4, -0.2) is 24.3 Å². The van der Waals surface area contributed by atoms with Gasteiger partial charge in [0.1, 0.15) is 5.78 Å². The van der Waals surface area contributed by atoms with Gasteiger partial charge in [0.25, 0.3) is 0 Å². The van der Waals surface area contributed by atoms with Crippen LogP contribution >= 0.6 is 7.92 Å². The summed E-state index contributed by atoms with van der Waals surface area (Å²) in [6.45, 7) is 6.18. The zero-order valence-corrected chi connectivity index (χ0v) is 10.2. The normalized spacial score (nSPS) is 10.8. The van der Waals surface area contributed by atoms with Crippen LogP contribution in [0.25, 0.3) is 0 Å². The second-order valence-corrected chi connectivity index (χ2v) is 6.24. The van der Waals surface area contributed by atoms with Crippen molar-refractivity contribution in [1.82, 2.24) is 0 Å². The summed E-state index contributed by atoms with van der Waals surface area (Å²) in [6.07, 6.45) is 8.64. The largest absolute Gasteiger partial charge is 0.300 e. The predicted octanol–water partition coefficient (Wildman–Crippen LogP) is 3.66. The third-order valence-corrected chi connectivity index (χ3v) is 4.89. The molecule has 13 heavy (non-hydrogen) atoms. The fourth-order valence-corrected chi connectivity index (χ4v) is 4.04. The minimum Gasteiger partial charge on any atom is -0.300 e. The standard InChI is InChI=1S/C11H23OP/c1-4-6-8-13(9-7-5-2)10-11(3)12/h4-10H2,1-3H3. The summed E-state index contributed by atoms with van der Waals surface area (Å²) in [5, 5.41) is 0. The van der Waals surface area contributed by atoms with E-state index in [-0.39, 0.29) is 7.92 Å². The van der Waals surface area contributed by atoms with Gasteiger partial charge in [-0.05, 0) is 32.1 Å². The molecule has 0 bridgehead atoms. The summed E-state index contributed by atoms with van der Waals surface area (Å²) in [4.78, 5) is 11.0. The van der Waals surface area contributed by atoms with Gasteiger partial charge >= 0.3 is 0 Å². The fraction of sp³-hybridized carbons (Fsp3) is 0.909. The Morgan fingerprint density at radius 2 is 1.54 bits per heavy atom. The van der Waals surface area contributed by atoms with Crippen molar-refractivity contribution in [3.05, 3.63) is 0 Å². The molecule has 0 aliphatic heterocycles. The van der Waals surface area contributed by atoms with Crippen LogP contribution in [0.3, 0.4) is 0 Å². The van der Waals surface area contributed by atoms with E-state index >= 15 is 0 Å². The van der Waals surface area contributed by atoms with Crippen LogP contribution in [0, 0.1) is 0 Å². The molecule has 0 atom stereocenters. The molecule has 0 aromatic rings. The molecule has 0 aliphatic rings. The molecule has 0 radical (unpaired) electrons. The van der Waals surface area contributed by atoms with Gasteiger partial charge in [0.15, 0.2) is 0 Å². The molecule has 0 rings (SSSR count). The Labute approximate surface area is 84.0 Å². The predicted molar refractivity (Wildman–Crippen MR) is 62.0 cm³/mol. The Morgan fingerprint density at radius 1 is 1.08 bits per heavy atom. The van der Waals surface area contributed by atoms with Crippen LogP contribution in [0.2, 0.25) is 0 Å². The van der Waals surface area contributed by atoms with Crippen LogP contribution in [0.4, 0.5) is 0 Å². The van der Waals surface area contributed by atoms with Gasteiger partial charge in [0.05, 0.1) is 0 Å². The molecule has 0 aromatic carbocycles. The molecular weight excluding hydrogens is 179 g/mol. The van der Waals surface area contributed by atoms with E-state index in [1.54, 1.807) is 6.92 Å². The summed E-state index contributed by atoms with van der Waals surface area (Å²) in [7, 11) is 0.0386. The highest BCUT2D eigenvalue weighted by molar-refractivity contribution is 7.58. The molecule has 0 unspecified atom stereocenters. The molecule has 2 heteroatoms. The molecule has 0 amide bonds. The Hall–Kier alpha value is 0.100. The second kappa shape index (κ2) is 8.69. The summed E-state index contributed by atoms with van der Waals surface area (Å²) in [5.74, 6) is 0.387. The second-order valence-electron chi connectivity index (χ2n) is 3.69. The van der Waals surface area contributed by atoms with Gasteiger partial charge < -0.3 is 0 Å². The van der Waals surface area contributed by atoms with E-state index in [0.29, 0.717) is 5.78 Å². The smallest absolute Gasteiger partial charge is 0.134 e. The molecule has 0 spiro atoms. The van der Waals surface area contributed by atoms with Gasteiger partial charge in [-0.25, -0.2) is 0 Å². The molecule has 0 aromatic heterocycles. The van der Waals surface area contributed by atoms with Crippen molar-refractivity contribution in [3.8, 4) is 0 Å². The molecule has 0 heterocycles. The lowest BCUT2D eigenvalue weighted by atomic mass is 10.4. The SMILES string of the molecule is CCCCP(CCCC)CC(C)=O. The lowest BCUT2D eigenvalue weighted by molar-refractivity contribution is -0.114. The molecule has 0 fully saturated rings. The van der Waals surface area contributed by atoms with E-state index < -0.39 is 0 Å². The van der Waals surface area contributed by atoms with Gasteiger partial charge in [-0.15, -0.1) is 0 Å². The number of carbonyl (C=O) groups is 1. The van der Waals surface area contributed by atoms with Crippen molar-refractivity contribution in [1.29, 1.82) is 0 Å². The van der Waals surface area contributed by atoms with Crippen molar-refractivity contribution in [3.63, 3.8) is 0 Å². The number of hydrogen-bond donors (Lipinski definition) is 0. The first-order valence-electron chi connectivity index (χ1n) is 5.42. The Morgan fingerprint density at radius 3 is 1.85 bits per heavy atom. The number of ketones is 1. The Balaban J connectivity index is 3.66. The van der Waals surface area contributed by atoms with Crippen LogP contribution in [-0.2, 0) is 4.79 Å². The van der Waals surface area contributed by atoms with Gasteiger partial charge in [-0.2, -0.15) is 0 Å². The number of hydrogen-bond acceptors (Lipinski definition) is 1. The maximum Gasteiger partial charge on any atom is 0.134 e. The minimum atomic E-state index is 0.0386. The molecule has 0 N–H and O–H groups in total. The Kier molecular flexibility index (Phi) is 8.75. The maximum atomic E-state index is 11.0. The van der Waals surface area contributed by atoms with Crippen molar-refractivity contribution in [2.75, 3.05) is 18.5 Å². The molecule has 78 valence electrons. The summed E-state index contributed by atoms with van der Waals surface area (Å²) in [6, 6.07) is 0. The first-order chi connectivity index (χ1) is 6.20. The maximum absolute atomic E-state index is 11.0. The van der Waals surface area contributed by atoms with E-state index in [9.17, 15) is 4.79 Å². The zero-order valence-electron chi connectivity index (χ0n) is 9.31. The van der Waals surface area contributed by atoms with E-state index in [0.717, 1.165) is 6.16 Å². The van der Waals surface area contributed by atoms with Crippen LogP contribution in [0.1, 0.15) is 46.5 Å². The Bertz CT molecular complexity index is 126. The van der Waals surface area contributed by atoms with Crippen molar-refractivity contribution >= 4 is 13.7 Å². The van der Waals surface area contributed by atoms with Crippen molar-refractivity contribution in [2.45, 2.75) is 46.5 Å². The van der Waals surface area contributed by atoms with Gasteiger partial charge in [-0.3, -0.25) is 4.79 Å². The molecule has 0 aliphatic carbocycles. The first kappa shape index (κ1) is 13.1. The van der Waals surface area contributed by atoms with Gasteiger partial charge in [0, 0.05) is 6.16 Å². The molecular formula is C11H23OP. The summed E-state index contributed by atoms with van der Waals surface area (Å²) >= 11 is 0. The van der Waals surface area contributed by atoms with Gasteiger partial charge in [0.2, 0.25) is 0 Å². The van der Waals surface area contributed by atoms with E-state index in [2.05, 4.69) is 13.8 Å². The number of rotatable bonds is 8. The number of Topliss-reactive ketones (excluding diaryl/α,β-unsaturated/α-hetero) is 1. The summed E-state index contributed by atoms with van der Waals surface area (Å²) in [5.41, 5.74) is 0. The first-order valence-corrected chi connectivity index (χ1v) is 7.32. The number of unbranched alkanes of at least 4 members (excludes halogenated alkanes) is 2. The lowest BCUT2D eigenvalue weighted by Gasteiger charge is -2.15. The highest BCUT2D eigenvalue weighted by Crippen LogP contribution is 2.37. The third-order valence-electron chi connectivity index (χ3n) is 2.10. The average Bonchev–Trinajstić information content (AvgIpc) is 2.09. The molecule has 0 saturated heterocycles. The van der Waals surface area contributed by atoms with Crippen LogP contribution in [0.15, 0.2) is 0 Å². The lowest BCUT2D eigenvalue weighted by Crippen LogP contribution is -2.02. The average molecular weight is 202 g/mol. The number of carbonyl (C=O) groups excluding carboxylic acids is 1. The highest BCUT2D eigenvalue weighted by Gasteiger charge is 2.08. The van der Waals surface area contributed by atoms with Gasteiger partial charge in [-0.1, -0.05) is 34.6 Å². The molecule has 0 saturated carbocycles. The monoisotopic (exact) mass is 202 g/mol. The topological polar surface area (TPSA) is 17.1 Å². The third kappa shape index (κ3) is 8.43. The van der Waals surface area contributed by atoms with Crippen molar-refractivity contribution < 1.29 is 4.79 Å². The van der Waals surface area contributed by atoms with E-state index in [4.69, 9.17) is 0 Å². The quantitative estimate of drug-likeness (QED) is 0.549. The fourth-order valence-electron chi connectivity index (χ4n) is 1.35. The highest BCUT2D eigenvalue weighted by atomic mass is 31.1. The van der Waals surface area contributed by atoms with Crippen molar-refractivity contribution in [2.24, 2.45) is 0 Å². The zero-order chi connectivity index (χ0) is 10.1. The summed E-state index contributed by atoms with van der Waals surface area (Å²) < 4.78 is 0. The van der Waals surface area contributed by atoms with E-state index in [1.165, 1.54) is 38.0 Å². The molecule has 1 nitrogen and oxygen atoms in total. The van der Waals surface area contributed by atoms with E-state index in [1.807, 2.05) is 0 Å².